The molecule has 0 saturated heterocycles. The third-order valence-electron chi connectivity index (χ3n) is 7.71. The minimum absolute atomic E-state index is 0.175. The van der Waals surface area contributed by atoms with Crippen molar-refractivity contribution in [2.75, 3.05) is 13.7 Å². The number of ether oxygens (including phenoxy) is 2. The number of fused-ring (bicyclic) bond motifs is 3. The van der Waals surface area contributed by atoms with Gasteiger partial charge in [0.1, 0.15) is 11.8 Å². The van der Waals surface area contributed by atoms with Crippen molar-refractivity contribution in [1.29, 1.82) is 0 Å². The van der Waals surface area contributed by atoms with Gasteiger partial charge in [-0.2, -0.15) is 0 Å². The maximum Gasteiger partial charge on any atom is 0.338 e. The minimum Gasteiger partial charge on any atom is -0.496 e. The largest absolute Gasteiger partial charge is 0.496 e. The molecular formula is C35H27N3O4S. The summed E-state index contributed by atoms with van der Waals surface area (Å²) in [5.74, 6) is 0.0296. The Balaban J connectivity index is 1.60. The number of rotatable bonds is 6. The summed E-state index contributed by atoms with van der Waals surface area (Å²) in [4.78, 5) is 37.1. The Kier molecular flexibility index (Phi) is 6.75. The fourth-order valence-electron chi connectivity index (χ4n) is 5.80. The SMILES string of the molecule is CCOC(=O)C1=C(c2ccccc2)N=c2s/c(=C\c3c[nH]c4ccccc34)c(=O)n2C1c1c(OC)ccc2ccccc12. The lowest BCUT2D eigenvalue weighted by molar-refractivity contribution is -0.138. The molecule has 0 bridgehead atoms. The molecule has 0 spiro atoms. The molecule has 1 aliphatic rings. The van der Waals surface area contributed by atoms with Gasteiger partial charge in [-0.25, -0.2) is 9.79 Å². The van der Waals surface area contributed by atoms with Gasteiger partial charge >= 0.3 is 5.97 Å². The number of hydrogen-bond donors (Lipinski definition) is 1. The van der Waals surface area contributed by atoms with Crippen molar-refractivity contribution in [2.45, 2.75) is 13.0 Å². The van der Waals surface area contributed by atoms with E-state index in [1.165, 1.54) is 11.3 Å². The molecule has 0 saturated carbocycles. The summed E-state index contributed by atoms with van der Waals surface area (Å²) in [6.07, 6.45) is 3.78. The molecule has 212 valence electrons. The summed E-state index contributed by atoms with van der Waals surface area (Å²) >= 11 is 1.30. The van der Waals surface area contributed by atoms with E-state index in [4.69, 9.17) is 14.5 Å². The van der Waals surface area contributed by atoms with Crippen LogP contribution in [-0.2, 0) is 9.53 Å². The predicted molar refractivity (Wildman–Crippen MR) is 170 cm³/mol. The van der Waals surface area contributed by atoms with E-state index in [9.17, 15) is 9.59 Å². The maximum atomic E-state index is 14.4. The van der Waals surface area contributed by atoms with E-state index in [0.29, 0.717) is 26.3 Å². The van der Waals surface area contributed by atoms with Gasteiger partial charge in [-0.15, -0.1) is 0 Å². The molecule has 0 aliphatic carbocycles. The van der Waals surface area contributed by atoms with Gasteiger partial charge in [-0.05, 0) is 35.9 Å². The molecule has 7 rings (SSSR count). The predicted octanol–water partition coefficient (Wildman–Crippen LogP) is 5.58. The first-order valence-corrected chi connectivity index (χ1v) is 14.8. The van der Waals surface area contributed by atoms with Crippen LogP contribution in [0.25, 0.3) is 33.4 Å². The first-order chi connectivity index (χ1) is 21.1. The molecule has 1 unspecified atom stereocenters. The van der Waals surface area contributed by atoms with Crippen LogP contribution >= 0.6 is 11.3 Å². The maximum absolute atomic E-state index is 14.4. The molecule has 1 atom stereocenters. The molecule has 2 aromatic heterocycles. The average molecular weight is 586 g/mol. The highest BCUT2D eigenvalue weighted by atomic mass is 32.1. The number of para-hydroxylation sites is 1. The number of thiazole rings is 1. The lowest BCUT2D eigenvalue weighted by Crippen LogP contribution is -2.40. The lowest BCUT2D eigenvalue weighted by atomic mass is 9.89. The van der Waals surface area contributed by atoms with Crippen LogP contribution in [-0.4, -0.2) is 29.2 Å². The van der Waals surface area contributed by atoms with Crippen molar-refractivity contribution in [2.24, 2.45) is 4.99 Å². The fourth-order valence-corrected chi connectivity index (χ4v) is 6.80. The van der Waals surface area contributed by atoms with Crippen molar-refractivity contribution in [3.8, 4) is 5.75 Å². The van der Waals surface area contributed by atoms with Crippen LogP contribution in [0.5, 0.6) is 5.75 Å². The van der Waals surface area contributed by atoms with E-state index in [2.05, 4.69) is 4.98 Å². The van der Waals surface area contributed by atoms with Gasteiger partial charge in [0.2, 0.25) is 0 Å². The number of carbonyl (C=O) groups excluding carboxylic acids is 1. The summed E-state index contributed by atoms with van der Waals surface area (Å²) in [5, 5.41) is 2.84. The van der Waals surface area contributed by atoms with Crippen molar-refractivity contribution in [3.63, 3.8) is 0 Å². The number of H-pyrrole nitrogens is 1. The highest BCUT2D eigenvalue weighted by Gasteiger charge is 2.37. The summed E-state index contributed by atoms with van der Waals surface area (Å²) in [5.41, 5.74) is 3.84. The fraction of sp³-hybridized carbons (Fsp3) is 0.114. The van der Waals surface area contributed by atoms with Crippen LogP contribution in [0.3, 0.4) is 0 Å². The zero-order valence-corrected chi connectivity index (χ0v) is 24.4. The van der Waals surface area contributed by atoms with Crippen LogP contribution in [0.4, 0.5) is 0 Å². The Labute approximate surface area is 250 Å². The van der Waals surface area contributed by atoms with Gasteiger partial charge in [0.15, 0.2) is 4.80 Å². The highest BCUT2D eigenvalue weighted by molar-refractivity contribution is 7.07. The second kappa shape index (κ2) is 10.9. The molecule has 0 radical (unpaired) electrons. The molecule has 0 fully saturated rings. The molecule has 7 nitrogen and oxygen atoms in total. The summed E-state index contributed by atoms with van der Waals surface area (Å²) in [6.45, 7) is 1.94. The van der Waals surface area contributed by atoms with E-state index in [0.717, 1.165) is 32.8 Å². The zero-order chi connectivity index (χ0) is 29.5. The van der Waals surface area contributed by atoms with Gasteiger partial charge in [0, 0.05) is 33.8 Å². The first kappa shape index (κ1) is 26.7. The average Bonchev–Trinajstić information content (AvgIpc) is 3.60. The number of nitrogens with one attached hydrogen (secondary N) is 1. The van der Waals surface area contributed by atoms with Crippen LogP contribution in [0.1, 0.15) is 29.7 Å². The second-order valence-corrected chi connectivity index (χ2v) is 11.1. The van der Waals surface area contributed by atoms with Gasteiger partial charge in [-0.3, -0.25) is 9.36 Å². The van der Waals surface area contributed by atoms with Crippen LogP contribution in [0, 0.1) is 0 Å². The van der Waals surface area contributed by atoms with Crippen molar-refractivity contribution in [1.82, 2.24) is 9.55 Å². The smallest absolute Gasteiger partial charge is 0.338 e. The molecule has 8 heteroatoms. The molecule has 4 aromatic carbocycles. The van der Waals surface area contributed by atoms with E-state index in [1.54, 1.807) is 18.6 Å². The topological polar surface area (TPSA) is 85.7 Å². The van der Waals surface area contributed by atoms with Gasteiger partial charge in [-0.1, -0.05) is 90.2 Å². The Morgan fingerprint density at radius 2 is 1.72 bits per heavy atom. The van der Waals surface area contributed by atoms with Crippen molar-refractivity contribution >= 4 is 50.8 Å². The second-order valence-electron chi connectivity index (χ2n) is 10.1. The van der Waals surface area contributed by atoms with Crippen LogP contribution < -0.4 is 19.6 Å². The summed E-state index contributed by atoms with van der Waals surface area (Å²) in [6, 6.07) is 28.4. The van der Waals surface area contributed by atoms with Gasteiger partial charge in [0.25, 0.3) is 5.56 Å². The monoisotopic (exact) mass is 585 g/mol. The summed E-state index contributed by atoms with van der Waals surface area (Å²) < 4.78 is 13.7. The molecule has 6 aromatic rings. The Morgan fingerprint density at radius 1 is 0.977 bits per heavy atom. The number of carbonyl (C=O) groups is 1. The Bertz CT molecular complexity index is 2240. The number of aromatic amines is 1. The first-order valence-electron chi connectivity index (χ1n) is 14.0. The lowest BCUT2D eigenvalue weighted by Gasteiger charge is -2.28. The molecule has 1 aliphatic heterocycles. The van der Waals surface area contributed by atoms with Crippen molar-refractivity contribution in [3.05, 3.63) is 139 Å². The molecule has 43 heavy (non-hydrogen) atoms. The normalized spacial score (nSPS) is 15.0. The number of nitrogens with zero attached hydrogens (tertiary/aromatic N) is 2. The number of methoxy groups -OCH3 is 1. The third kappa shape index (κ3) is 4.47. The third-order valence-corrected chi connectivity index (χ3v) is 8.69. The van der Waals surface area contributed by atoms with Crippen LogP contribution in [0.15, 0.2) is 113 Å². The number of aromatic nitrogens is 2. The van der Waals surface area contributed by atoms with Crippen molar-refractivity contribution < 1.29 is 14.3 Å². The van der Waals surface area contributed by atoms with E-state index in [-0.39, 0.29) is 17.7 Å². The number of hydrogen-bond acceptors (Lipinski definition) is 6. The van der Waals surface area contributed by atoms with Gasteiger partial charge in [0.05, 0.1) is 29.5 Å². The zero-order valence-electron chi connectivity index (χ0n) is 23.5. The summed E-state index contributed by atoms with van der Waals surface area (Å²) in [7, 11) is 1.60. The molecular weight excluding hydrogens is 558 g/mol. The van der Waals surface area contributed by atoms with Crippen LogP contribution in [0.2, 0.25) is 0 Å². The van der Waals surface area contributed by atoms with E-state index >= 15 is 0 Å². The van der Waals surface area contributed by atoms with Gasteiger partial charge < -0.3 is 14.5 Å². The van der Waals surface area contributed by atoms with E-state index < -0.39 is 12.0 Å². The minimum atomic E-state index is -0.850. The standard InChI is InChI=1S/C35H27N3O4S/c1-3-42-34(40)30-31(22-12-5-4-6-13-22)37-35-38(32(30)29-25-15-8-7-11-21(25)17-18-27(29)41-2)33(39)28(43-35)19-23-20-36-26-16-10-9-14-24(23)26/h4-20,32,36H,3H2,1-2H3/b28-19-. The Hall–Kier alpha value is -5.21. The highest BCUT2D eigenvalue weighted by Crippen LogP contribution is 2.42. The molecule has 0 amide bonds. The quantitative estimate of drug-likeness (QED) is 0.259. The number of benzene rings is 4. The number of esters is 1. The van der Waals surface area contributed by atoms with E-state index in [1.807, 2.05) is 103 Å². The Morgan fingerprint density at radius 3 is 2.51 bits per heavy atom. The molecule has 3 heterocycles. The molecule has 1 N–H and O–H groups in total.